The highest BCUT2D eigenvalue weighted by Crippen LogP contribution is 2.41. The topological polar surface area (TPSA) is 71.1 Å². The number of ether oxygens (including phenoxy) is 4. The van der Waals surface area contributed by atoms with Gasteiger partial charge in [0.2, 0.25) is 0 Å². The average Bonchev–Trinajstić information content (AvgIpc) is 2.67. The molecule has 0 heterocycles. The standard InChI is InChI=1S/C20H18Br2Cl2O6/c1-11(25)29-19-13(23)5-7-15(17(19)21)27-9-3-4-10-28-16-8-6-14(24)20(18(16)22)30-12(2)26/h5-8H,3-4,9-10H2,1-2H3. The molecule has 30 heavy (non-hydrogen) atoms. The molecule has 2 aromatic carbocycles. The predicted molar refractivity (Wildman–Crippen MR) is 121 cm³/mol. The Bertz CT molecular complexity index is 860. The fourth-order valence-electron chi connectivity index (χ4n) is 2.29. The lowest BCUT2D eigenvalue weighted by Gasteiger charge is -2.14. The van der Waals surface area contributed by atoms with E-state index in [2.05, 4.69) is 31.9 Å². The maximum Gasteiger partial charge on any atom is 0.308 e. The van der Waals surface area contributed by atoms with Gasteiger partial charge in [0, 0.05) is 13.8 Å². The Hall–Kier alpha value is -1.48. The van der Waals surface area contributed by atoms with Crippen molar-refractivity contribution in [3.05, 3.63) is 43.3 Å². The summed E-state index contributed by atoms with van der Waals surface area (Å²) in [5, 5.41) is 0.610. The molecule has 0 unspecified atom stereocenters. The lowest BCUT2D eigenvalue weighted by molar-refractivity contribution is -0.132. The minimum absolute atomic E-state index is 0.223. The summed E-state index contributed by atoms with van der Waals surface area (Å²) in [4.78, 5) is 22.4. The molecule has 0 atom stereocenters. The molecule has 2 aromatic rings. The molecule has 2 rings (SSSR count). The first-order chi connectivity index (χ1) is 14.2. The van der Waals surface area contributed by atoms with Gasteiger partial charge in [-0.25, -0.2) is 0 Å². The largest absolute Gasteiger partial charge is 0.492 e. The lowest BCUT2D eigenvalue weighted by atomic mass is 10.3. The van der Waals surface area contributed by atoms with Gasteiger partial charge in [0.1, 0.15) is 20.4 Å². The van der Waals surface area contributed by atoms with Gasteiger partial charge in [0.25, 0.3) is 0 Å². The lowest BCUT2D eigenvalue weighted by Crippen LogP contribution is -2.06. The predicted octanol–water partition coefficient (Wildman–Crippen LogP) is 6.61. The smallest absolute Gasteiger partial charge is 0.308 e. The number of hydrogen-bond donors (Lipinski definition) is 0. The number of halogens is 4. The Morgan fingerprint density at radius 3 is 1.47 bits per heavy atom. The Morgan fingerprint density at radius 2 is 1.13 bits per heavy atom. The van der Waals surface area contributed by atoms with Crippen LogP contribution in [0.2, 0.25) is 10.0 Å². The minimum atomic E-state index is -0.475. The van der Waals surface area contributed by atoms with Crippen LogP contribution in [0.15, 0.2) is 33.2 Å². The first kappa shape index (κ1) is 24.8. The summed E-state index contributed by atoms with van der Waals surface area (Å²) in [7, 11) is 0. The van der Waals surface area contributed by atoms with Crippen molar-refractivity contribution in [1.82, 2.24) is 0 Å². The van der Waals surface area contributed by atoms with E-state index in [0.29, 0.717) is 56.5 Å². The number of rotatable bonds is 9. The van der Waals surface area contributed by atoms with E-state index in [1.165, 1.54) is 13.8 Å². The van der Waals surface area contributed by atoms with E-state index in [4.69, 9.17) is 42.1 Å². The van der Waals surface area contributed by atoms with Crippen molar-refractivity contribution in [2.24, 2.45) is 0 Å². The van der Waals surface area contributed by atoms with Crippen LogP contribution >= 0.6 is 55.1 Å². The number of unbranched alkanes of at least 4 members (excludes halogenated alkanes) is 1. The molecule has 0 aromatic heterocycles. The fraction of sp³-hybridized carbons (Fsp3) is 0.300. The van der Waals surface area contributed by atoms with Crippen molar-refractivity contribution >= 4 is 67.0 Å². The first-order valence-corrected chi connectivity index (χ1v) is 11.1. The fourth-order valence-corrected chi connectivity index (χ4v) is 4.00. The van der Waals surface area contributed by atoms with E-state index in [9.17, 15) is 9.59 Å². The van der Waals surface area contributed by atoms with Crippen molar-refractivity contribution < 1.29 is 28.5 Å². The monoisotopic (exact) mass is 582 g/mol. The summed E-state index contributed by atoms with van der Waals surface area (Å²) in [6, 6.07) is 6.58. The molecular formula is C20H18Br2Cl2O6. The summed E-state index contributed by atoms with van der Waals surface area (Å²) in [5.41, 5.74) is 0. The van der Waals surface area contributed by atoms with E-state index < -0.39 is 11.9 Å². The summed E-state index contributed by atoms with van der Waals surface area (Å²) in [5.74, 6) is 0.530. The molecule has 0 radical (unpaired) electrons. The van der Waals surface area contributed by atoms with Crippen LogP contribution in [0.3, 0.4) is 0 Å². The van der Waals surface area contributed by atoms with E-state index >= 15 is 0 Å². The second kappa shape index (κ2) is 11.8. The third-order valence-corrected chi connectivity index (χ3v) is 5.67. The molecule has 0 amide bonds. The Morgan fingerprint density at radius 1 is 0.767 bits per heavy atom. The third-order valence-electron chi connectivity index (χ3n) is 3.57. The molecule has 0 fully saturated rings. The van der Waals surface area contributed by atoms with E-state index in [-0.39, 0.29) is 11.5 Å². The van der Waals surface area contributed by atoms with Crippen molar-refractivity contribution in [2.45, 2.75) is 26.7 Å². The average molecular weight is 585 g/mol. The summed E-state index contributed by atoms with van der Waals surface area (Å²) in [6.45, 7) is 3.43. The van der Waals surface area contributed by atoms with Crippen LogP contribution in [-0.2, 0) is 9.59 Å². The molecule has 0 saturated heterocycles. The Labute approximate surface area is 201 Å². The second-order valence-corrected chi connectivity index (χ2v) is 8.37. The number of esters is 2. The van der Waals surface area contributed by atoms with Crippen molar-refractivity contribution in [2.75, 3.05) is 13.2 Å². The third kappa shape index (κ3) is 7.04. The van der Waals surface area contributed by atoms with Gasteiger partial charge in [-0.05, 0) is 69.0 Å². The normalized spacial score (nSPS) is 10.5. The zero-order chi connectivity index (χ0) is 22.3. The highest BCUT2D eigenvalue weighted by atomic mass is 79.9. The summed E-state index contributed by atoms with van der Waals surface area (Å²) in [6.07, 6.45) is 1.42. The van der Waals surface area contributed by atoms with Crippen LogP contribution in [0.5, 0.6) is 23.0 Å². The van der Waals surface area contributed by atoms with Crippen LogP contribution in [0.25, 0.3) is 0 Å². The van der Waals surface area contributed by atoms with Gasteiger partial charge in [-0.15, -0.1) is 0 Å². The second-order valence-electron chi connectivity index (χ2n) is 5.97. The number of carbonyl (C=O) groups is 2. The zero-order valence-electron chi connectivity index (χ0n) is 16.1. The van der Waals surface area contributed by atoms with Crippen LogP contribution < -0.4 is 18.9 Å². The molecule has 0 bridgehead atoms. The quantitative estimate of drug-likeness (QED) is 0.188. The highest BCUT2D eigenvalue weighted by Gasteiger charge is 2.16. The van der Waals surface area contributed by atoms with E-state index in [1.807, 2.05) is 0 Å². The van der Waals surface area contributed by atoms with E-state index in [1.54, 1.807) is 24.3 Å². The number of benzene rings is 2. The number of carbonyl (C=O) groups excluding carboxylic acids is 2. The minimum Gasteiger partial charge on any atom is -0.492 e. The van der Waals surface area contributed by atoms with Crippen LogP contribution in [0.1, 0.15) is 26.7 Å². The molecule has 0 aliphatic rings. The van der Waals surface area contributed by atoms with Crippen LogP contribution in [-0.4, -0.2) is 25.2 Å². The Balaban J connectivity index is 1.84. The molecule has 0 N–H and O–H groups in total. The van der Waals surface area contributed by atoms with Crippen molar-refractivity contribution in [1.29, 1.82) is 0 Å². The van der Waals surface area contributed by atoms with Crippen molar-refractivity contribution in [3.8, 4) is 23.0 Å². The van der Waals surface area contributed by atoms with Gasteiger partial charge in [0.05, 0.1) is 23.3 Å². The first-order valence-electron chi connectivity index (χ1n) is 8.79. The molecule has 10 heteroatoms. The van der Waals surface area contributed by atoms with Gasteiger partial charge in [0.15, 0.2) is 11.5 Å². The molecule has 162 valence electrons. The summed E-state index contributed by atoms with van der Waals surface area (Å²) < 4.78 is 22.6. The summed E-state index contributed by atoms with van der Waals surface area (Å²) >= 11 is 18.8. The molecular weight excluding hydrogens is 567 g/mol. The van der Waals surface area contributed by atoms with E-state index in [0.717, 1.165) is 0 Å². The molecule has 0 spiro atoms. The van der Waals surface area contributed by atoms with Gasteiger partial charge in [-0.1, -0.05) is 23.2 Å². The SMILES string of the molecule is CC(=O)Oc1c(Cl)ccc(OCCCCOc2ccc(Cl)c(OC(C)=O)c2Br)c1Br. The van der Waals surface area contributed by atoms with Crippen LogP contribution in [0, 0.1) is 0 Å². The molecule has 6 nitrogen and oxygen atoms in total. The highest BCUT2D eigenvalue weighted by molar-refractivity contribution is 9.11. The van der Waals surface area contributed by atoms with Gasteiger partial charge >= 0.3 is 11.9 Å². The molecule has 0 aliphatic heterocycles. The van der Waals surface area contributed by atoms with Gasteiger partial charge in [-0.2, -0.15) is 0 Å². The molecule has 0 saturated carbocycles. The maximum atomic E-state index is 11.2. The number of hydrogen-bond acceptors (Lipinski definition) is 6. The van der Waals surface area contributed by atoms with Gasteiger partial charge < -0.3 is 18.9 Å². The van der Waals surface area contributed by atoms with Crippen LogP contribution in [0.4, 0.5) is 0 Å². The van der Waals surface area contributed by atoms with Gasteiger partial charge in [-0.3, -0.25) is 9.59 Å². The molecule has 0 aliphatic carbocycles. The Kier molecular flexibility index (Phi) is 9.74. The maximum absolute atomic E-state index is 11.2. The zero-order valence-corrected chi connectivity index (χ0v) is 20.8. The van der Waals surface area contributed by atoms with Crippen molar-refractivity contribution in [3.63, 3.8) is 0 Å².